The maximum absolute atomic E-state index is 6.09. The molecule has 0 fully saturated rings. The van der Waals surface area contributed by atoms with Crippen LogP contribution in [-0.2, 0) is 9.47 Å². The highest BCUT2D eigenvalue weighted by Crippen LogP contribution is 2.45. The van der Waals surface area contributed by atoms with Crippen LogP contribution in [0.15, 0.2) is 46.8 Å². The summed E-state index contributed by atoms with van der Waals surface area (Å²) in [6.45, 7) is 8.15. The Morgan fingerprint density at radius 2 is 1.86 bits per heavy atom. The van der Waals surface area contributed by atoms with Crippen LogP contribution in [0.5, 0.6) is 0 Å². The molecule has 0 saturated heterocycles. The zero-order chi connectivity index (χ0) is 15.5. The van der Waals surface area contributed by atoms with Crippen molar-refractivity contribution >= 4 is 11.6 Å². The minimum atomic E-state index is -0.653. The van der Waals surface area contributed by atoms with Gasteiger partial charge in [0.05, 0.1) is 11.7 Å². The highest BCUT2D eigenvalue weighted by molar-refractivity contribution is 5.89. The zero-order valence-corrected chi connectivity index (χ0v) is 13.3. The summed E-state index contributed by atoms with van der Waals surface area (Å²) in [5.74, 6) is 2.25. The van der Waals surface area contributed by atoms with Crippen LogP contribution in [0, 0.1) is 5.92 Å². The molecule has 0 amide bonds. The Hall–Kier alpha value is -2.23. The smallest absolute Gasteiger partial charge is 0.246 e. The monoisotopic (exact) mass is 296 g/mol. The highest BCUT2D eigenvalue weighted by Gasteiger charge is 2.41. The predicted molar refractivity (Wildman–Crippen MR) is 85.8 cm³/mol. The van der Waals surface area contributed by atoms with Gasteiger partial charge in [-0.25, -0.2) is 0 Å². The summed E-state index contributed by atoms with van der Waals surface area (Å²) in [4.78, 5) is 4.86. The number of nitrogens with zero attached hydrogens (tertiary/aromatic N) is 1. The second-order valence-electron chi connectivity index (χ2n) is 6.67. The van der Waals surface area contributed by atoms with E-state index in [1.807, 2.05) is 26.0 Å². The molecule has 3 aliphatic rings. The average Bonchev–Trinajstić information content (AvgIpc) is 2.79. The van der Waals surface area contributed by atoms with E-state index in [-0.39, 0.29) is 6.04 Å². The first-order valence-corrected chi connectivity index (χ1v) is 7.73. The zero-order valence-electron chi connectivity index (χ0n) is 13.3. The van der Waals surface area contributed by atoms with Gasteiger partial charge in [0.25, 0.3) is 0 Å². The topological polar surface area (TPSA) is 42.9 Å². The predicted octanol–water partition coefficient (Wildman–Crippen LogP) is 3.73. The average molecular weight is 296 g/mol. The van der Waals surface area contributed by atoms with E-state index in [0.29, 0.717) is 5.92 Å². The first kappa shape index (κ1) is 13.4. The van der Waals surface area contributed by atoms with E-state index in [1.54, 1.807) is 0 Å². The molecule has 4 rings (SSSR count). The number of fused-ring (bicyclic) bond motifs is 5. The summed E-state index contributed by atoms with van der Waals surface area (Å²) in [5, 5.41) is 3.42. The van der Waals surface area contributed by atoms with Gasteiger partial charge in [-0.3, -0.25) is 4.99 Å². The first-order valence-electron chi connectivity index (χ1n) is 7.73. The fourth-order valence-electron chi connectivity index (χ4n) is 3.06. The largest absolute Gasteiger partial charge is 0.448 e. The fourth-order valence-corrected chi connectivity index (χ4v) is 3.06. The molecule has 0 spiro atoms. The van der Waals surface area contributed by atoms with E-state index >= 15 is 0 Å². The molecule has 1 N–H and O–H groups in total. The van der Waals surface area contributed by atoms with Gasteiger partial charge in [0.15, 0.2) is 11.5 Å². The molecular weight excluding hydrogens is 276 g/mol. The van der Waals surface area contributed by atoms with Crippen molar-refractivity contribution in [3.63, 3.8) is 0 Å². The standard InChI is InChI=1S/C18H20N2O2/c1-10(2)17-19-13-9-14(20-17)16-15(21-18(3,4)22-16)12-8-6-5-7-11(12)13/h5-10,13H,1-4H3,(H,19,20). The quantitative estimate of drug-likeness (QED) is 0.858. The Labute approximate surface area is 130 Å². The Balaban J connectivity index is 1.92. The number of rotatable bonds is 1. The minimum absolute atomic E-state index is 0.00534. The van der Waals surface area contributed by atoms with Gasteiger partial charge in [0.1, 0.15) is 5.84 Å². The Bertz CT molecular complexity index is 741. The van der Waals surface area contributed by atoms with Crippen LogP contribution in [0.2, 0.25) is 0 Å². The second kappa shape index (κ2) is 4.38. The lowest BCUT2D eigenvalue weighted by Gasteiger charge is -2.26. The van der Waals surface area contributed by atoms with Crippen molar-refractivity contribution in [1.82, 2.24) is 5.32 Å². The van der Waals surface area contributed by atoms with Crippen molar-refractivity contribution in [2.75, 3.05) is 0 Å². The third kappa shape index (κ3) is 1.94. The van der Waals surface area contributed by atoms with Crippen LogP contribution in [0.25, 0.3) is 5.76 Å². The SMILES string of the molecule is CC(C)C1=NC2C=C(N1)C1=C(OC(C)(C)O1)c1ccccc12. The lowest BCUT2D eigenvalue weighted by molar-refractivity contribution is -0.109. The molecule has 1 atom stereocenters. The lowest BCUT2D eigenvalue weighted by Crippen LogP contribution is -2.33. The van der Waals surface area contributed by atoms with Crippen molar-refractivity contribution in [1.29, 1.82) is 0 Å². The van der Waals surface area contributed by atoms with Gasteiger partial charge in [0.2, 0.25) is 5.79 Å². The molecule has 1 aliphatic carbocycles. The molecule has 1 unspecified atom stereocenters. The van der Waals surface area contributed by atoms with Crippen molar-refractivity contribution in [3.8, 4) is 0 Å². The number of amidine groups is 1. The van der Waals surface area contributed by atoms with Crippen molar-refractivity contribution < 1.29 is 9.47 Å². The van der Waals surface area contributed by atoms with Crippen molar-refractivity contribution in [2.45, 2.75) is 39.5 Å². The van der Waals surface area contributed by atoms with Gasteiger partial charge in [-0.2, -0.15) is 0 Å². The minimum Gasteiger partial charge on any atom is -0.448 e. The van der Waals surface area contributed by atoms with E-state index in [9.17, 15) is 0 Å². The van der Waals surface area contributed by atoms with Crippen LogP contribution in [-0.4, -0.2) is 11.6 Å². The van der Waals surface area contributed by atoms with Crippen LogP contribution >= 0.6 is 0 Å². The van der Waals surface area contributed by atoms with Crippen molar-refractivity contribution in [2.24, 2.45) is 10.9 Å². The molecule has 0 radical (unpaired) electrons. The molecule has 2 bridgehead atoms. The normalized spacial score (nSPS) is 24.3. The number of hydrogen-bond donors (Lipinski definition) is 1. The van der Waals surface area contributed by atoms with Gasteiger partial charge in [-0.05, 0) is 11.6 Å². The van der Waals surface area contributed by atoms with Crippen LogP contribution < -0.4 is 5.32 Å². The molecule has 114 valence electrons. The number of aliphatic imine (C=N–C) groups is 1. The molecule has 2 aliphatic heterocycles. The summed E-state index contributed by atoms with van der Waals surface area (Å²) in [7, 11) is 0. The van der Waals surface area contributed by atoms with Crippen LogP contribution in [0.1, 0.15) is 44.9 Å². The third-order valence-corrected chi connectivity index (χ3v) is 4.08. The summed E-state index contributed by atoms with van der Waals surface area (Å²) in [5.41, 5.74) is 3.18. The first-order chi connectivity index (χ1) is 10.4. The molecule has 1 aromatic carbocycles. The van der Waals surface area contributed by atoms with E-state index < -0.39 is 5.79 Å². The molecule has 0 aromatic heterocycles. The fraction of sp³-hybridized carbons (Fsp3) is 0.389. The van der Waals surface area contributed by atoms with Gasteiger partial charge in [-0.1, -0.05) is 38.1 Å². The van der Waals surface area contributed by atoms with Crippen molar-refractivity contribution in [3.05, 3.63) is 52.9 Å². The Morgan fingerprint density at radius 3 is 2.64 bits per heavy atom. The molecule has 1 aromatic rings. The molecule has 2 heterocycles. The summed E-state index contributed by atoms with van der Waals surface area (Å²) in [6.07, 6.45) is 2.12. The van der Waals surface area contributed by atoms with Gasteiger partial charge in [-0.15, -0.1) is 0 Å². The second-order valence-corrected chi connectivity index (χ2v) is 6.67. The van der Waals surface area contributed by atoms with Crippen LogP contribution in [0.3, 0.4) is 0 Å². The Kier molecular flexibility index (Phi) is 2.68. The number of hydrogen-bond acceptors (Lipinski definition) is 4. The Morgan fingerprint density at radius 1 is 1.14 bits per heavy atom. The summed E-state index contributed by atoms with van der Waals surface area (Å²) < 4.78 is 12.2. The van der Waals surface area contributed by atoms with Gasteiger partial charge in [0, 0.05) is 25.3 Å². The maximum Gasteiger partial charge on any atom is 0.246 e. The highest BCUT2D eigenvalue weighted by atomic mass is 16.7. The van der Waals surface area contributed by atoms with E-state index in [1.165, 1.54) is 0 Å². The molecule has 0 saturated carbocycles. The van der Waals surface area contributed by atoms with Gasteiger partial charge < -0.3 is 14.8 Å². The maximum atomic E-state index is 6.09. The molecule has 22 heavy (non-hydrogen) atoms. The summed E-state index contributed by atoms with van der Waals surface area (Å²) in [6, 6.07) is 8.27. The number of nitrogens with one attached hydrogen (secondary N) is 1. The summed E-state index contributed by atoms with van der Waals surface area (Å²) >= 11 is 0. The van der Waals surface area contributed by atoms with E-state index in [2.05, 4.69) is 37.4 Å². The van der Waals surface area contributed by atoms with Gasteiger partial charge >= 0.3 is 0 Å². The van der Waals surface area contributed by atoms with Crippen LogP contribution in [0.4, 0.5) is 0 Å². The molecule has 4 heteroatoms. The van der Waals surface area contributed by atoms with E-state index in [4.69, 9.17) is 14.5 Å². The lowest BCUT2D eigenvalue weighted by atomic mass is 9.99. The number of benzene rings is 1. The van der Waals surface area contributed by atoms with E-state index in [0.717, 1.165) is 34.2 Å². The molecular formula is C18H20N2O2. The molecule has 4 nitrogen and oxygen atoms in total. The third-order valence-electron chi connectivity index (χ3n) is 4.08. The number of ether oxygens (including phenoxy) is 2.